The molecule has 0 heterocycles. The summed E-state index contributed by atoms with van der Waals surface area (Å²) in [5, 5.41) is 3.34. The maximum atomic E-state index is 10.7. The van der Waals surface area contributed by atoms with Crippen molar-refractivity contribution in [3.8, 4) is 5.75 Å². The third-order valence-electron chi connectivity index (χ3n) is 1.86. The molecule has 1 N–H and O–H groups in total. The third-order valence-corrected chi connectivity index (χ3v) is 2.72. The first kappa shape index (κ1) is 13.3. The largest absolute Gasteiger partial charge is 0.494 e. The molecular weight excluding hydrogens is 246 g/mol. The van der Waals surface area contributed by atoms with Gasteiger partial charge in [-0.2, -0.15) is 8.42 Å². The Labute approximate surface area is 98.4 Å². The summed E-state index contributed by atoms with van der Waals surface area (Å²) in [5.74, 6) is 0.485. The van der Waals surface area contributed by atoms with Crippen molar-refractivity contribution in [3.05, 3.63) is 34.7 Å². The van der Waals surface area contributed by atoms with Gasteiger partial charge in [0, 0.05) is 11.5 Å². The maximum Gasteiger partial charge on any atom is 0.294 e. The number of ether oxygens (including phenoxy) is 1. The van der Waals surface area contributed by atoms with Gasteiger partial charge in [0.1, 0.15) is 5.75 Å². The molecule has 1 rings (SSSR count). The van der Waals surface area contributed by atoms with Gasteiger partial charge in [-0.3, -0.25) is 4.55 Å². The van der Waals surface area contributed by atoms with E-state index in [9.17, 15) is 8.42 Å². The lowest BCUT2D eigenvalue weighted by Crippen LogP contribution is -2.00. The van der Waals surface area contributed by atoms with Crippen LogP contribution in [0.1, 0.15) is 6.42 Å². The second kappa shape index (κ2) is 6.09. The summed E-state index contributed by atoms with van der Waals surface area (Å²) < 4.78 is 35.5. The summed E-state index contributed by atoms with van der Waals surface area (Å²) in [6.07, 6.45) is 0.574. The fourth-order valence-corrected chi connectivity index (χ4v) is 1.56. The van der Waals surface area contributed by atoms with Crippen LogP contribution < -0.4 is 4.74 Å². The van der Waals surface area contributed by atoms with Crippen molar-refractivity contribution in [2.75, 3.05) is 13.2 Å². The van der Waals surface area contributed by atoms with Crippen LogP contribution in [0.5, 0.6) is 5.75 Å². The van der Waals surface area contributed by atoms with Gasteiger partial charge in [-0.25, -0.2) is 0 Å². The molecule has 0 aliphatic rings. The molecule has 0 aromatic heterocycles. The molecule has 1 aromatic rings. The molecule has 7 nitrogen and oxygen atoms in total. The zero-order valence-electron chi connectivity index (χ0n) is 8.85. The summed E-state index contributed by atoms with van der Waals surface area (Å²) in [7, 11) is -4.16. The van der Waals surface area contributed by atoms with Gasteiger partial charge >= 0.3 is 0 Å². The first-order valence-corrected chi connectivity index (χ1v) is 6.19. The zero-order chi connectivity index (χ0) is 12.7. The Morgan fingerprint density at radius 1 is 1.35 bits per heavy atom. The first-order valence-electron chi connectivity index (χ1n) is 4.75. The Bertz CT molecular complexity index is 506. The summed E-state index contributed by atoms with van der Waals surface area (Å²) in [5.41, 5.74) is 8.03. The summed E-state index contributed by atoms with van der Waals surface area (Å²) in [4.78, 5) is 2.41. The van der Waals surface area contributed by atoms with Crippen LogP contribution in [0.3, 0.4) is 0 Å². The van der Waals surface area contributed by atoms with Crippen molar-refractivity contribution < 1.29 is 17.7 Å². The van der Waals surface area contributed by atoms with E-state index in [1.54, 1.807) is 0 Å². The molecule has 17 heavy (non-hydrogen) atoms. The Morgan fingerprint density at radius 2 is 2.00 bits per heavy atom. The average Bonchev–Trinajstić information content (AvgIpc) is 2.28. The summed E-state index contributed by atoms with van der Waals surface area (Å²) in [6, 6.07) is 5.38. The van der Waals surface area contributed by atoms with Crippen LogP contribution in [0, 0.1) is 0 Å². The maximum absolute atomic E-state index is 10.7. The van der Waals surface area contributed by atoms with Crippen LogP contribution >= 0.6 is 0 Å². The highest BCUT2D eigenvalue weighted by Crippen LogP contribution is 2.15. The van der Waals surface area contributed by atoms with Gasteiger partial charge in [-0.15, -0.1) is 0 Å². The monoisotopic (exact) mass is 257 g/mol. The minimum Gasteiger partial charge on any atom is -0.494 e. The van der Waals surface area contributed by atoms with Crippen LogP contribution in [0.25, 0.3) is 10.4 Å². The van der Waals surface area contributed by atoms with E-state index in [-0.39, 0.29) is 4.90 Å². The van der Waals surface area contributed by atoms with E-state index in [2.05, 4.69) is 10.0 Å². The number of rotatable bonds is 6. The van der Waals surface area contributed by atoms with E-state index in [0.717, 1.165) is 0 Å². The zero-order valence-corrected chi connectivity index (χ0v) is 9.67. The van der Waals surface area contributed by atoms with Gasteiger partial charge in [0.05, 0.1) is 11.5 Å². The molecule has 0 fully saturated rings. The number of hydrogen-bond acceptors (Lipinski definition) is 4. The lowest BCUT2D eigenvalue weighted by atomic mass is 10.3. The SMILES string of the molecule is [N-]=[N+]=NCCCOc1ccc(S(=O)(=O)O)cc1. The number of hydrogen-bond donors (Lipinski definition) is 1. The highest BCUT2D eigenvalue weighted by Gasteiger charge is 2.08. The molecule has 0 bridgehead atoms. The normalized spacial score (nSPS) is 10.6. The van der Waals surface area contributed by atoms with Gasteiger partial charge in [0.25, 0.3) is 10.1 Å². The van der Waals surface area contributed by atoms with Crippen LogP contribution in [0.4, 0.5) is 0 Å². The number of benzene rings is 1. The topological polar surface area (TPSA) is 112 Å². The molecule has 0 radical (unpaired) electrons. The average molecular weight is 257 g/mol. The minimum atomic E-state index is -4.16. The van der Waals surface area contributed by atoms with E-state index >= 15 is 0 Å². The van der Waals surface area contributed by atoms with Crippen molar-refractivity contribution in [1.82, 2.24) is 0 Å². The van der Waals surface area contributed by atoms with Crippen LogP contribution in [0.2, 0.25) is 0 Å². The molecule has 0 aliphatic carbocycles. The highest BCUT2D eigenvalue weighted by molar-refractivity contribution is 7.85. The Kier molecular flexibility index (Phi) is 4.77. The van der Waals surface area contributed by atoms with E-state index in [0.29, 0.717) is 25.3 Å². The molecule has 0 aliphatic heterocycles. The van der Waals surface area contributed by atoms with Crippen molar-refractivity contribution in [1.29, 1.82) is 0 Å². The van der Waals surface area contributed by atoms with Crippen LogP contribution in [-0.2, 0) is 10.1 Å². The van der Waals surface area contributed by atoms with E-state index in [4.69, 9.17) is 14.8 Å². The van der Waals surface area contributed by atoms with Gasteiger partial charge in [-0.05, 0) is 36.2 Å². The van der Waals surface area contributed by atoms with Gasteiger partial charge in [0.15, 0.2) is 0 Å². The molecule has 0 spiro atoms. The Morgan fingerprint density at radius 3 is 2.53 bits per heavy atom. The third kappa shape index (κ3) is 4.73. The molecule has 0 unspecified atom stereocenters. The molecule has 0 amide bonds. The van der Waals surface area contributed by atoms with Crippen LogP contribution in [0.15, 0.2) is 34.3 Å². The molecule has 0 saturated heterocycles. The first-order chi connectivity index (χ1) is 8.04. The second-order valence-corrected chi connectivity index (χ2v) is 4.52. The molecule has 0 saturated carbocycles. The predicted octanol–water partition coefficient (Wildman–Crippen LogP) is 2.01. The van der Waals surface area contributed by atoms with Gasteiger partial charge in [-0.1, -0.05) is 5.11 Å². The van der Waals surface area contributed by atoms with Crippen molar-refractivity contribution in [2.45, 2.75) is 11.3 Å². The Hall–Kier alpha value is -1.76. The fraction of sp³-hybridized carbons (Fsp3) is 0.333. The smallest absolute Gasteiger partial charge is 0.294 e. The van der Waals surface area contributed by atoms with Gasteiger partial charge in [0.2, 0.25) is 0 Å². The molecule has 1 aromatic carbocycles. The quantitative estimate of drug-likeness (QED) is 0.276. The fourth-order valence-electron chi connectivity index (χ4n) is 1.08. The molecule has 0 atom stereocenters. The lowest BCUT2D eigenvalue weighted by Gasteiger charge is -2.05. The van der Waals surface area contributed by atoms with Gasteiger partial charge < -0.3 is 4.74 Å². The summed E-state index contributed by atoms with van der Waals surface area (Å²) >= 11 is 0. The van der Waals surface area contributed by atoms with Crippen molar-refractivity contribution in [2.24, 2.45) is 5.11 Å². The predicted molar refractivity (Wildman–Crippen MR) is 60.4 cm³/mol. The highest BCUT2D eigenvalue weighted by atomic mass is 32.2. The van der Waals surface area contributed by atoms with Crippen molar-refractivity contribution >= 4 is 10.1 Å². The number of nitrogens with zero attached hydrogens (tertiary/aromatic N) is 3. The molecule has 92 valence electrons. The summed E-state index contributed by atoms with van der Waals surface area (Å²) in [6.45, 7) is 0.712. The van der Waals surface area contributed by atoms with E-state index in [1.807, 2.05) is 0 Å². The Balaban J connectivity index is 2.49. The molecular formula is C9H11N3O4S. The standard InChI is InChI=1S/C9H11N3O4S/c10-12-11-6-1-7-16-8-2-4-9(5-3-8)17(13,14)15/h2-5H,1,6-7H2,(H,13,14,15). The van der Waals surface area contributed by atoms with E-state index < -0.39 is 10.1 Å². The lowest BCUT2D eigenvalue weighted by molar-refractivity contribution is 0.313. The molecule has 8 heteroatoms. The second-order valence-electron chi connectivity index (χ2n) is 3.10. The van der Waals surface area contributed by atoms with Crippen molar-refractivity contribution in [3.63, 3.8) is 0 Å². The van der Waals surface area contributed by atoms with Crippen LogP contribution in [-0.4, -0.2) is 26.1 Å². The number of azide groups is 1. The van der Waals surface area contributed by atoms with E-state index in [1.165, 1.54) is 24.3 Å². The minimum absolute atomic E-state index is 0.182.